The minimum Gasteiger partial charge on any atom is -0.746 e. The van der Waals surface area contributed by atoms with E-state index in [9.17, 15) is 17.4 Å². The van der Waals surface area contributed by atoms with Crippen LogP contribution >= 0.6 is 0 Å². The Labute approximate surface area is 75.7 Å². The molecule has 3 nitrogen and oxygen atoms in total. The molecule has 0 fully saturated rings. The van der Waals surface area contributed by atoms with Gasteiger partial charge in [-0.25, -0.2) is 12.8 Å². The number of hydrogen-bond donors (Lipinski definition) is 0. The molecular formula is C3H6FNaO3S. The maximum absolute atomic E-state index is 11.7. The monoisotopic (exact) mass is 164 g/mol. The summed E-state index contributed by atoms with van der Waals surface area (Å²) in [6.45, 7) is 1.29. The predicted octanol–water partition coefficient (Wildman–Crippen LogP) is -2.76. The van der Waals surface area contributed by atoms with Crippen LogP contribution in [-0.4, -0.2) is 18.5 Å². The van der Waals surface area contributed by atoms with Crippen LogP contribution in [0.25, 0.3) is 0 Å². The summed E-state index contributed by atoms with van der Waals surface area (Å²) in [5, 5.41) is 0. The molecule has 0 aliphatic heterocycles. The molecular weight excluding hydrogens is 158 g/mol. The van der Waals surface area contributed by atoms with Crippen LogP contribution in [0.15, 0.2) is 0 Å². The number of alkyl halides is 1. The average Bonchev–Trinajstić information content (AvgIpc) is 1.62. The van der Waals surface area contributed by atoms with Crippen LogP contribution in [0.2, 0.25) is 0 Å². The Bertz CT molecular complexity index is 154. The Balaban J connectivity index is 0. The van der Waals surface area contributed by atoms with E-state index < -0.39 is 15.6 Å². The molecule has 50 valence electrons. The van der Waals surface area contributed by atoms with Gasteiger partial charge in [-0.05, 0) is 6.42 Å². The van der Waals surface area contributed by atoms with E-state index in [2.05, 4.69) is 0 Å². The standard InChI is InChI=1S/C3H7FO3S.Na/c1-2-3(4)8(5,6)7;/h3H,2H2,1H3,(H,5,6,7);/q;+1/p-1. The molecule has 0 aromatic heterocycles. The molecule has 0 aliphatic rings. The first-order valence-electron chi connectivity index (χ1n) is 2.07. The fourth-order valence-corrected chi connectivity index (χ4v) is 0.612. The van der Waals surface area contributed by atoms with Gasteiger partial charge in [0, 0.05) is 0 Å². The fourth-order valence-electron chi connectivity index (χ4n) is 0.204. The molecule has 0 amide bonds. The van der Waals surface area contributed by atoms with Crippen molar-refractivity contribution in [3.63, 3.8) is 0 Å². The number of hydrogen-bond acceptors (Lipinski definition) is 3. The summed E-state index contributed by atoms with van der Waals surface area (Å²) < 4.78 is 40.6. The van der Waals surface area contributed by atoms with E-state index in [1.165, 1.54) is 6.92 Å². The van der Waals surface area contributed by atoms with Gasteiger partial charge >= 0.3 is 29.6 Å². The normalized spacial score (nSPS) is 14.1. The second kappa shape index (κ2) is 4.62. The van der Waals surface area contributed by atoms with E-state index in [1.807, 2.05) is 0 Å². The second-order valence-electron chi connectivity index (χ2n) is 1.31. The van der Waals surface area contributed by atoms with Crippen molar-refractivity contribution >= 4 is 10.1 Å². The summed E-state index contributed by atoms with van der Waals surface area (Å²) in [5.74, 6) is 0. The van der Waals surface area contributed by atoms with Gasteiger partial charge in [0.2, 0.25) is 0 Å². The Morgan fingerprint density at radius 1 is 1.67 bits per heavy atom. The summed E-state index contributed by atoms with van der Waals surface area (Å²) in [6.07, 6.45) is -0.272. The van der Waals surface area contributed by atoms with Crippen molar-refractivity contribution in [1.82, 2.24) is 0 Å². The van der Waals surface area contributed by atoms with Gasteiger partial charge in [-0.15, -0.1) is 0 Å². The molecule has 0 heterocycles. The molecule has 0 aromatic rings. The van der Waals surface area contributed by atoms with Gasteiger partial charge in [-0.2, -0.15) is 0 Å². The van der Waals surface area contributed by atoms with E-state index >= 15 is 0 Å². The van der Waals surface area contributed by atoms with E-state index in [0.717, 1.165) is 0 Å². The fraction of sp³-hybridized carbons (Fsp3) is 1.00. The van der Waals surface area contributed by atoms with Crippen LogP contribution in [0.4, 0.5) is 4.39 Å². The Hall–Kier alpha value is 0.840. The molecule has 0 saturated carbocycles. The Kier molecular flexibility index (Phi) is 6.43. The van der Waals surface area contributed by atoms with Gasteiger partial charge in [-0.1, -0.05) is 6.92 Å². The summed E-state index contributed by atoms with van der Waals surface area (Å²) in [4.78, 5) is 0. The summed E-state index contributed by atoms with van der Waals surface area (Å²) >= 11 is 0. The first-order valence-corrected chi connectivity index (χ1v) is 3.54. The summed E-state index contributed by atoms with van der Waals surface area (Å²) in [6, 6.07) is 0. The molecule has 0 aromatic carbocycles. The van der Waals surface area contributed by atoms with Crippen LogP contribution in [0.1, 0.15) is 13.3 Å². The number of rotatable bonds is 2. The van der Waals surface area contributed by atoms with E-state index in [1.54, 1.807) is 0 Å². The molecule has 0 spiro atoms. The van der Waals surface area contributed by atoms with Crippen LogP contribution in [-0.2, 0) is 10.1 Å². The molecule has 1 unspecified atom stereocenters. The minimum atomic E-state index is -4.67. The van der Waals surface area contributed by atoms with Crippen LogP contribution in [0.3, 0.4) is 0 Å². The zero-order valence-corrected chi connectivity index (χ0v) is 8.11. The zero-order valence-electron chi connectivity index (χ0n) is 5.30. The van der Waals surface area contributed by atoms with Gasteiger partial charge in [0.05, 0.1) is 0 Å². The predicted molar refractivity (Wildman–Crippen MR) is 24.9 cm³/mol. The SMILES string of the molecule is CCC(F)S(=O)(=O)[O-].[Na+]. The molecule has 9 heavy (non-hydrogen) atoms. The Morgan fingerprint density at radius 3 is 2.00 bits per heavy atom. The zero-order chi connectivity index (χ0) is 6.78. The van der Waals surface area contributed by atoms with Crippen molar-refractivity contribution in [2.24, 2.45) is 0 Å². The molecule has 0 rings (SSSR count). The van der Waals surface area contributed by atoms with E-state index in [-0.39, 0.29) is 36.0 Å². The molecule has 1 atom stereocenters. The first-order chi connectivity index (χ1) is 3.48. The second-order valence-corrected chi connectivity index (χ2v) is 2.81. The maximum Gasteiger partial charge on any atom is 1.00 e. The van der Waals surface area contributed by atoms with Gasteiger partial charge in [0.15, 0.2) is 5.50 Å². The van der Waals surface area contributed by atoms with Gasteiger partial charge < -0.3 is 4.55 Å². The minimum absolute atomic E-state index is 0. The molecule has 6 heteroatoms. The molecule has 0 aliphatic carbocycles. The summed E-state index contributed by atoms with van der Waals surface area (Å²) in [5.41, 5.74) is -2.23. The van der Waals surface area contributed by atoms with Crippen LogP contribution < -0.4 is 29.6 Å². The van der Waals surface area contributed by atoms with Crippen molar-refractivity contribution in [2.75, 3.05) is 0 Å². The molecule has 0 radical (unpaired) electrons. The largest absolute Gasteiger partial charge is 1.00 e. The third-order valence-corrected chi connectivity index (χ3v) is 1.59. The van der Waals surface area contributed by atoms with Crippen LogP contribution in [0, 0.1) is 0 Å². The quantitative estimate of drug-likeness (QED) is 0.328. The van der Waals surface area contributed by atoms with Crippen molar-refractivity contribution < 1.29 is 46.9 Å². The maximum atomic E-state index is 11.7. The van der Waals surface area contributed by atoms with Crippen molar-refractivity contribution in [1.29, 1.82) is 0 Å². The molecule has 0 saturated heterocycles. The van der Waals surface area contributed by atoms with Crippen molar-refractivity contribution in [3.8, 4) is 0 Å². The molecule has 0 N–H and O–H groups in total. The van der Waals surface area contributed by atoms with Gasteiger partial charge in [-0.3, -0.25) is 0 Å². The van der Waals surface area contributed by atoms with E-state index in [0.29, 0.717) is 0 Å². The smallest absolute Gasteiger partial charge is 0.746 e. The van der Waals surface area contributed by atoms with Crippen molar-refractivity contribution in [2.45, 2.75) is 18.8 Å². The van der Waals surface area contributed by atoms with Gasteiger partial charge in [0.25, 0.3) is 0 Å². The topological polar surface area (TPSA) is 57.2 Å². The summed E-state index contributed by atoms with van der Waals surface area (Å²) in [7, 11) is -4.67. The van der Waals surface area contributed by atoms with Gasteiger partial charge in [0.1, 0.15) is 10.1 Å². The molecule has 0 bridgehead atoms. The van der Waals surface area contributed by atoms with Crippen LogP contribution in [0.5, 0.6) is 0 Å². The van der Waals surface area contributed by atoms with Crippen molar-refractivity contribution in [3.05, 3.63) is 0 Å². The third kappa shape index (κ3) is 5.29. The van der Waals surface area contributed by atoms with E-state index in [4.69, 9.17) is 0 Å². The Morgan fingerprint density at radius 2 is 2.00 bits per heavy atom. The average molecular weight is 164 g/mol. The number of halogens is 1. The first kappa shape index (κ1) is 12.5. The third-order valence-electron chi connectivity index (χ3n) is 0.634.